The molecule has 1 aromatic heterocycles. The number of nitrogens with zero attached hydrogens (tertiary/aromatic N) is 4. The molecular formula is C28H34ClN7O3. The molecular weight excluding hydrogens is 518 g/mol. The van der Waals surface area contributed by atoms with Crippen molar-refractivity contribution in [3.8, 4) is 5.75 Å². The molecule has 0 atom stereocenters. The Balaban J connectivity index is 1.52. The van der Waals surface area contributed by atoms with Gasteiger partial charge in [-0.15, -0.1) is 0 Å². The summed E-state index contributed by atoms with van der Waals surface area (Å²) in [6.07, 6.45) is 3.69. The number of hydrogen-bond acceptors (Lipinski definition) is 9. The Morgan fingerprint density at radius 2 is 1.85 bits per heavy atom. The Kier molecular flexibility index (Phi) is 9.21. The van der Waals surface area contributed by atoms with Crippen LogP contribution in [0.25, 0.3) is 0 Å². The monoisotopic (exact) mass is 551 g/mol. The summed E-state index contributed by atoms with van der Waals surface area (Å²) in [6, 6.07) is 13.3. The van der Waals surface area contributed by atoms with Crippen LogP contribution in [0.3, 0.4) is 0 Å². The van der Waals surface area contributed by atoms with Crippen LogP contribution in [0.4, 0.5) is 28.8 Å². The number of ether oxygens (including phenoxy) is 1. The van der Waals surface area contributed by atoms with Gasteiger partial charge < -0.3 is 30.5 Å². The van der Waals surface area contributed by atoms with Gasteiger partial charge >= 0.3 is 0 Å². The number of carbonyl (C=O) groups excluding carboxylic acids is 2. The molecule has 39 heavy (non-hydrogen) atoms. The molecule has 0 bridgehead atoms. The highest BCUT2D eigenvalue weighted by Crippen LogP contribution is 2.34. The van der Waals surface area contributed by atoms with Gasteiger partial charge in [-0.2, -0.15) is 4.98 Å². The molecule has 1 aliphatic rings. The summed E-state index contributed by atoms with van der Waals surface area (Å²) in [4.78, 5) is 38.3. The van der Waals surface area contributed by atoms with Gasteiger partial charge in [0.05, 0.1) is 30.2 Å². The molecule has 0 aliphatic carbocycles. The van der Waals surface area contributed by atoms with Crippen LogP contribution in [0, 0.1) is 0 Å². The molecule has 1 amide bonds. The highest BCUT2D eigenvalue weighted by atomic mass is 35.5. The van der Waals surface area contributed by atoms with Crippen molar-refractivity contribution >= 4 is 52.1 Å². The molecule has 2 aromatic carbocycles. The molecule has 0 spiro atoms. The molecule has 2 heterocycles. The van der Waals surface area contributed by atoms with E-state index >= 15 is 0 Å². The van der Waals surface area contributed by atoms with Gasteiger partial charge in [-0.3, -0.25) is 9.59 Å². The number of piperidine rings is 1. The molecule has 0 saturated carbocycles. The minimum atomic E-state index is -0.680. The smallest absolute Gasteiger partial charge is 0.292 e. The number of ketones is 1. The van der Waals surface area contributed by atoms with Gasteiger partial charge in [0.1, 0.15) is 10.8 Å². The fraction of sp³-hybridized carbons (Fsp3) is 0.357. The third kappa shape index (κ3) is 6.76. The van der Waals surface area contributed by atoms with Gasteiger partial charge in [-0.1, -0.05) is 23.7 Å². The van der Waals surface area contributed by atoms with E-state index in [4.69, 9.17) is 16.3 Å². The minimum absolute atomic E-state index is 0.208. The quantitative estimate of drug-likeness (QED) is 0.248. The molecule has 3 N–H and O–H groups in total. The number of rotatable bonds is 10. The Morgan fingerprint density at radius 1 is 1.10 bits per heavy atom. The summed E-state index contributed by atoms with van der Waals surface area (Å²) in [7, 11) is 5.89. The topological polar surface area (TPSA) is 112 Å². The molecule has 0 unspecified atom stereocenters. The predicted molar refractivity (Wildman–Crippen MR) is 155 cm³/mol. The van der Waals surface area contributed by atoms with Gasteiger partial charge in [0, 0.05) is 37.4 Å². The fourth-order valence-corrected chi connectivity index (χ4v) is 4.67. The first kappa shape index (κ1) is 28.1. The Hall–Kier alpha value is -3.89. The lowest BCUT2D eigenvalue weighted by molar-refractivity contribution is -0.116. The third-order valence-corrected chi connectivity index (χ3v) is 6.98. The number of aromatic nitrogens is 2. The summed E-state index contributed by atoms with van der Waals surface area (Å²) in [5.74, 6) is -0.107. The van der Waals surface area contributed by atoms with Gasteiger partial charge in [0.15, 0.2) is 5.82 Å². The zero-order valence-electron chi connectivity index (χ0n) is 22.6. The molecule has 11 heteroatoms. The molecule has 206 valence electrons. The van der Waals surface area contributed by atoms with Gasteiger partial charge in [0.25, 0.3) is 11.7 Å². The fourth-order valence-electron chi connectivity index (χ4n) is 4.54. The highest BCUT2D eigenvalue weighted by Gasteiger charge is 2.22. The van der Waals surface area contributed by atoms with Crippen LogP contribution in [-0.4, -0.2) is 73.4 Å². The van der Waals surface area contributed by atoms with E-state index in [0.717, 1.165) is 31.6 Å². The number of anilines is 5. The van der Waals surface area contributed by atoms with E-state index in [-0.39, 0.29) is 22.4 Å². The van der Waals surface area contributed by atoms with Crippen molar-refractivity contribution < 1.29 is 14.3 Å². The second-order valence-corrected chi connectivity index (χ2v) is 9.85. The van der Waals surface area contributed by atoms with Gasteiger partial charge in [0.2, 0.25) is 5.95 Å². The highest BCUT2D eigenvalue weighted by molar-refractivity contribution is 6.44. The molecule has 4 rings (SSSR count). The number of Topliss-reactive ketones (excluding diaryl/α,β-unsaturated/α-hetero) is 1. The number of benzene rings is 2. The standard InChI is InChI=1S/C28H34ClN7O3/c1-5-30-27(38)25(37)20-8-6-7-9-22(20)32-26-21(29)17-31-28(34-26)33-23-11-10-19(16-24(23)39-4)36-14-12-18(13-15-36)35(2)3/h6-11,16-18H,5,12-15H2,1-4H3,(H,30,38)(H2,31,32,33,34). The average molecular weight is 552 g/mol. The maximum Gasteiger partial charge on any atom is 0.292 e. The van der Waals surface area contributed by atoms with E-state index in [1.807, 2.05) is 12.1 Å². The minimum Gasteiger partial charge on any atom is -0.494 e. The first-order chi connectivity index (χ1) is 18.8. The van der Waals surface area contributed by atoms with Gasteiger partial charge in [-0.05, 0) is 58.1 Å². The van der Waals surface area contributed by atoms with Gasteiger partial charge in [-0.25, -0.2) is 4.98 Å². The summed E-state index contributed by atoms with van der Waals surface area (Å²) >= 11 is 6.38. The molecule has 3 aromatic rings. The Morgan fingerprint density at radius 3 is 2.54 bits per heavy atom. The predicted octanol–water partition coefficient (Wildman–Crippen LogP) is 4.48. The second-order valence-electron chi connectivity index (χ2n) is 9.44. The van der Waals surface area contributed by atoms with Crippen LogP contribution in [0.5, 0.6) is 5.75 Å². The van der Waals surface area contributed by atoms with Crippen LogP contribution in [0.1, 0.15) is 30.1 Å². The number of amides is 1. The number of likely N-dealkylation sites (N-methyl/N-ethyl adjacent to an activating group) is 1. The first-order valence-corrected chi connectivity index (χ1v) is 13.3. The van der Waals surface area contributed by atoms with Crippen molar-refractivity contribution in [3.63, 3.8) is 0 Å². The lowest BCUT2D eigenvalue weighted by atomic mass is 10.0. The van der Waals surface area contributed by atoms with E-state index in [9.17, 15) is 9.59 Å². The number of carbonyl (C=O) groups is 2. The third-order valence-electron chi connectivity index (χ3n) is 6.70. The van der Waals surface area contributed by atoms with Crippen LogP contribution < -0.4 is 25.6 Å². The van der Waals surface area contributed by atoms with Crippen molar-refractivity contribution in [1.82, 2.24) is 20.2 Å². The maximum absolute atomic E-state index is 12.6. The van der Waals surface area contributed by atoms with Crippen molar-refractivity contribution in [2.45, 2.75) is 25.8 Å². The van der Waals surface area contributed by atoms with E-state index in [0.29, 0.717) is 29.7 Å². The SMILES string of the molecule is CCNC(=O)C(=O)c1ccccc1Nc1nc(Nc2ccc(N3CCC(N(C)C)CC3)cc2OC)ncc1Cl. The largest absolute Gasteiger partial charge is 0.494 e. The second kappa shape index (κ2) is 12.8. The van der Waals surface area contributed by atoms with Crippen molar-refractivity contribution in [2.24, 2.45) is 0 Å². The average Bonchev–Trinajstić information content (AvgIpc) is 2.95. The lowest BCUT2D eigenvalue weighted by Gasteiger charge is -2.36. The maximum atomic E-state index is 12.6. The summed E-state index contributed by atoms with van der Waals surface area (Å²) in [5.41, 5.74) is 2.41. The number of nitrogens with one attached hydrogen (secondary N) is 3. The van der Waals surface area contributed by atoms with E-state index in [1.165, 1.54) is 6.20 Å². The van der Waals surface area contributed by atoms with E-state index in [2.05, 4.69) is 55.9 Å². The van der Waals surface area contributed by atoms with E-state index < -0.39 is 11.7 Å². The van der Waals surface area contributed by atoms with Crippen LogP contribution in [0.15, 0.2) is 48.7 Å². The summed E-state index contributed by atoms with van der Waals surface area (Å²) in [6.45, 7) is 4.07. The zero-order chi connectivity index (χ0) is 27.9. The molecule has 1 saturated heterocycles. The molecule has 1 aliphatic heterocycles. The van der Waals surface area contributed by atoms with E-state index in [1.54, 1.807) is 38.3 Å². The Bertz CT molecular complexity index is 1330. The van der Waals surface area contributed by atoms with Crippen LogP contribution >= 0.6 is 11.6 Å². The summed E-state index contributed by atoms with van der Waals surface area (Å²) < 4.78 is 5.67. The Labute approximate surface area is 233 Å². The number of halogens is 1. The number of methoxy groups -OCH3 is 1. The first-order valence-electron chi connectivity index (χ1n) is 12.9. The molecule has 0 radical (unpaired) electrons. The summed E-state index contributed by atoms with van der Waals surface area (Å²) in [5, 5.41) is 9.05. The molecule has 1 fully saturated rings. The number of para-hydroxylation sites is 1. The van der Waals surface area contributed by atoms with Crippen LogP contribution in [-0.2, 0) is 4.79 Å². The molecule has 10 nitrogen and oxygen atoms in total. The zero-order valence-corrected chi connectivity index (χ0v) is 23.4. The van der Waals surface area contributed by atoms with Crippen molar-refractivity contribution in [3.05, 3.63) is 59.2 Å². The number of hydrogen-bond donors (Lipinski definition) is 3. The van der Waals surface area contributed by atoms with Crippen molar-refractivity contribution in [2.75, 3.05) is 56.4 Å². The lowest BCUT2D eigenvalue weighted by Crippen LogP contribution is -2.41. The van der Waals surface area contributed by atoms with Crippen molar-refractivity contribution in [1.29, 1.82) is 0 Å². The normalized spacial score (nSPS) is 13.7. The van der Waals surface area contributed by atoms with Crippen LogP contribution in [0.2, 0.25) is 5.02 Å².